The number of nitrogens with two attached hydrogens (primary N) is 1. The molecule has 1 aliphatic rings. The van der Waals surface area contributed by atoms with Gasteiger partial charge in [-0.05, 0) is 37.1 Å². The van der Waals surface area contributed by atoms with Crippen LogP contribution >= 0.6 is 12.4 Å². The van der Waals surface area contributed by atoms with E-state index in [1.807, 2.05) is 5.01 Å². The van der Waals surface area contributed by atoms with Gasteiger partial charge >= 0.3 is 0 Å². The van der Waals surface area contributed by atoms with Crippen LogP contribution in [-0.4, -0.2) is 44.1 Å². The van der Waals surface area contributed by atoms with Gasteiger partial charge in [0.15, 0.2) is 9.84 Å². The number of hydrogen-bond acceptors (Lipinski definition) is 5. The molecule has 1 aromatic rings. The molecule has 1 fully saturated rings. The van der Waals surface area contributed by atoms with Crippen LogP contribution in [-0.2, 0) is 9.84 Å². The summed E-state index contributed by atoms with van der Waals surface area (Å²) in [6.45, 7) is 3.24. The zero-order valence-electron chi connectivity index (χ0n) is 12.9. The number of nitrogens with one attached hydrogen (secondary N) is 1. The van der Waals surface area contributed by atoms with E-state index in [1.165, 1.54) is 24.3 Å². The van der Waals surface area contributed by atoms with Gasteiger partial charge in [-0.2, -0.15) is 0 Å². The molecule has 1 saturated heterocycles. The molecule has 0 unspecified atom stereocenters. The first-order valence-corrected chi connectivity index (χ1v) is 8.81. The van der Waals surface area contributed by atoms with Gasteiger partial charge in [-0.15, -0.1) is 17.5 Å². The van der Waals surface area contributed by atoms with E-state index in [0.29, 0.717) is 5.56 Å². The summed E-state index contributed by atoms with van der Waals surface area (Å²) in [7, 11) is -3.27. The fourth-order valence-corrected chi connectivity index (χ4v) is 3.03. The molecule has 23 heavy (non-hydrogen) atoms. The summed E-state index contributed by atoms with van der Waals surface area (Å²) in [6, 6.07) is 5.76. The molecule has 0 bridgehead atoms. The van der Waals surface area contributed by atoms with Crippen molar-refractivity contribution in [2.24, 2.45) is 10.8 Å². The maximum absolute atomic E-state index is 12.0. The summed E-state index contributed by atoms with van der Waals surface area (Å²) in [6.07, 6.45) is 2.14. The Kier molecular flexibility index (Phi) is 6.83. The Hall–Kier alpha value is -1.80. The molecular formula is C14H21ClN4O3S. The van der Waals surface area contributed by atoms with Gasteiger partial charge in [0, 0.05) is 18.7 Å². The second kappa shape index (κ2) is 8.16. The van der Waals surface area contributed by atoms with E-state index >= 15 is 0 Å². The van der Waals surface area contributed by atoms with Crippen molar-refractivity contribution in [1.29, 1.82) is 0 Å². The van der Waals surface area contributed by atoms with Crippen LogP contribution in [0.2, 0.25) is 0 Å². The summed E-state index contributed by atoms with van der Waals surface area (Å²) < 4.78 is 23.4. The van der Waals surface area contributed by atoms with E-state index in [0.717, 1.165) is 25.9 Å². The van der Waals surface area contributed by atoms with Gasteiger partial charge in [-0.25, -0.2) is 8.42 Å². The normalized spacial score (nSPS) is 15.2. The van der Waals surface area contributed by atoms with E-state index in [-0.39, 0.29) is 29.0 Å². The molecule has 1 heterocycles. The third-order valence-corrected chi connectivity index (χ3v) is 5.18. The first-order chi connectivity index (χ1) is 10.4. The van der Waals surface area contributed by atoms with Gasteiger partial charge in [-0.3, -0.25) is 15.1 Å². The average molecular weight is 361 g/mol. The van der Waals surface area contributed by atoms with Crippen molar-refractivity contribution in [3.63, 3.8) is 0 Å². The maximum Gasteiger partial charge on any atom is 0.257 e. The Morgan fingerprint density at radius 1 is 1.26 bits per heavy atom. The lowest BCUT2D eigenvalue weighted by Crippen LogP contribution is -2.38. The molecule has 9 heteroatoms. The van der Waals surface area contributed by atoms with Crippen molar-refractivity contribution in [3.8, 4) is 0 Å². The van der Waals surface area contributed by atoms with Crippen molar-refractivity contribution in [3.05, 3.63) is 29.8 Å². The van der Waals surface area contributed by atoms with Crippen LogP contribution in [0.15, 0.2) is 34.3 Å². The Morgan fingerprint density at radius 3 is 2.35 bits per heavy atom. The number of carbonyl (C=O) groups is 1. The van der Waals surface area contributed by atoms with Crippen molar-refractivity contribution in [2.45, 2.75) is 24.7 Å². The van der Waals surface area contributed by atoms with Gasteiger partial charge in [0.05, 0.1) is 10.6 Å². The Balaban J connectivity index is 0.00000264. The van der Waals surface area contributed by atoms with E-state index < -0.39 is 15.7 Å². The van der Waals surface area contributed by atoms with Crippen LogP contribution in [0.4, 0.5) is 0 Å². The number of nitrogens with zero attached hydrogens (tertiary/aromatic N) is 2. The number of benzene rings is 1. The SMILES string of the molecule is CCS(=O)(=O)c1ccc(C(=O)N/C(N)=N/N2CCCC2)cc1.Cl. The van der Waals surface area contributed by atoms with Gasteiger partial charge < -0.3 is 5.73 Å². The van der Waals surface area contributed by atoms with Crippen LogP contribution in [0.3, 0.4) is 0 Å². The summed E-state index contributed by atoms with van der Waals surface area (Å²) in [5.41, 5.74) is 6.02. The average Bonchev–Trinajstić information content (AvgIpc) is 3.00. The molecule has 7 nitrogen and oxygen atoms in total. The lowest BCUT2D eigenvalue weighted by Gasteiger charge is -2.12. The number of halogens is 1. The highest BCUT2D eigenvalue weighted by atomic mass is 35.5. The van der Waals surface area contributed by atoms with Crippen molar-refractivity contribution < 1.29 is 13.2 Å². The smallest absolute Gasteiger partial charge is 0.257 e. The largest absolute Gasteiger partial charge is 0.368 e. The van der Waals surface area contributed by atoms with Crippen LogP contribution in [0, 0.1) is 0 Å². The van der Waals surface area contributed by atoms with Gasteiger partial charge in [0.1, 0.15) is 0 Å². The monoisotopic (exact) mass is 360 g/mol. The Morgan fingerprint density at radius 2 is 1.83 bits per heavy atom. The number of hydrogen-bond donors (Lipinski definition) is 2. The minimum atomic E-state index is -3.27. The molecule has 1 amide bonds. The quantitative estimate of drug-likeness (QED) is 0.614. The van der Waals surface area contributed by atoms with E-state index in [9.17, 15) is 13.2 Å². The summed E-state index contributed by atoms with van der Waals surface area (Å²) >= 11 is 0. The van der Waals surface area contributed by atoms with Crippen molar-refractivity contribution in [1.82, 2.24) is 10.3 Å². The maximum atomic E-state index is 12.0. The predicted molar refractivity (Wildman–Crippen MR) is 91.3 cm³/mol. The van der Waals surface area contributed by atoms with Gasteiger partial charge in [0.2, 0.25) is 5.96 Å². The summed E-state index contributed by atoms with van der Waals surface area (Å²) in [4.78, 5) is 12.2. The van der Waals surface area contributed by atoms with E-state index in [4.69, 9.17) is 5.73 Å². The molecule has 0 aliphatic carbocycles. The first-order valence-electron chi connectivity index (χ1n) is 7.15. The number of guanidine groups is 1. The van der Waals surface area contributed by atoms with E-state index in [1.54, 1.807) is 6.92 Å². The number of carbonyl (C=O) groups excluding carboxylic acids is 1. The third kappa shape index (κ3) is 5.11. The molecule has 0 spiro atoms. The minimum absolute atomic E-state index is 0. The number of sulfone groups is 1. The predicted octanol–water partition coefficient (Wildman–Crippen LogP) is 0.957. The van der Waals surface area contributed by atoms with Crippen LogP contribution in [0.1, 0.15) is 30.1 Å². The highest BCUT2D eigenvalue weighted by Crippen LogP contribution is 2.12. The van der Waals surface area contributed by atoms with Crippen molar-refractivity contribution in [2.75, 3.05) is 18.8 Å². The highest BCUT2D eigenvalue weighted by Gasteiger charge is 2.14. The zero-order valence-corrected chi connectivity index (χ0v) is 14.5. The topological polar surface area (TPSA) is 105 Å². The lowest BCUT2D eigenvalue weighted by atomic mass is 10.2. The fraction of sp³-hybridized carbons (Fsp3) is 0.429. The van der Waals surface area contributed by atoms with Gasteiger partial charge in [0.25, 0.3) is 5.91 Å². The van der Waals surface area contributed by atoms with Crippen molar-refractivity contribution >= 4 is 34.1 Å². The minimum Gasteiger partial charge on any atom is -0.368 e. The fourth-order valence-electron chi connectivity index (χ4n) is 2.15. The second-order valence-electron chi connectivity index (χ2n) is 5.03. The van der Waals surface area contributed by atoms with Gasteiger partial charge in [-0.1, -0.05) is 6.92 Å². The standard InChI is InChI=1S/C14H20N4O3S.ClH/c1-2-22(20,21)12-7-5-11(6-8-12)13(19)16-14(15)17-18-9-3-4-10-18;/h5-8H,2-4,9-10H2,1H3,(H3,15,16,17,19);1H. The first kappa shape index (κ1) is 19.2. The molecular weight excluding hydrogens is 340 g/mol. The second-order valence-corrected chi connectivity index (χ2v) is 7.31. The summed E-state index contributed by atoms with van der Waals surface area (Å²) in [5.74, 6) is -0.355. The molecule has 128 valence electrons. The molecule has 1 aliphatic heterocycles. The molecule has 0 aromatic heterocycles. The Bertz CT molecular complexity index is 668. The molecule has 1 aromatic carbocycles. The zero-order chi connectivity index (χ0) is 16.2. The number of rotatable bonds is 4. The molecule has 0 saturated carbocycles. The third-order valence-electron chi connectivity index (χ3n) is 3.43. The number of hydrazone groups is 1. The van der Waals surface area contributed by atoms with Crippen LogP contribution in [0.5, 0.6) is 0 Å². The number of amides is 1. The van der Waals surface area contributed by atoms with Crippen LogP contribution < -0.4 is 11.1 Å². The summed E-state index contributed by atoms with van der Waals surface area (Å²) in [5, 5.41) is 8.42. The molecule has 0 radical (unpaired) electrons. The Labute approximate surface area is 142 Å². The van der Waals surface area contributed by atoms with E-state index in [2.05, 4.69) is 10.4 Å². The molecule has 3 N–H and O–H groups in total. The molecule has 0 atom stereocenters. The highest BCUT2D eigenvalue weighted by molar-refractivity contribution is 7.91. The lowest BCUT2D eigenvalue weighted by molar-refractivity contribution is 0.0975. The van der Waals surface area contributed by atoms with Crippen LogP contribution in [0.25, 0.3) is 0 Å². The molecule has 2 rings (SSSR count).